The average molecular weight is 281 g/mol. The van der Waals surface area contributed by atoms with Gasteiger partial charge in [-0.1, -0.05) is 50.6 Å². The summed E-state index contributed by atoms with van der Waals surface area (Å²) < 4.78 is 6.15. The molecular formula is C19H23NO. The Hall–Kier alpha value is -1.96. The summed E-state index contributed by atoms with van der Waals surface area (Å²) in [5, 5.41) is 3.50. The molecule has 1 aliphatic heterocycles. The van der Waals surface area contributed by atoms with Crippen molar-refractivity contribution in [1.82, 2.24) is 0 Å². The van der Waals surface area contributed by atoms with Crippen molar-refractivity contribution in [3.63, 3.8) is 0 Å². The van der Waals surface area contributed by atoms with Crippen LogP contribution >= 0.6 is 0 Å². The van der Waals surface area contributed by atoms with Crippen LogP contribution in [0.15, 0.2) is 42.5 Å². The molecule has 0 bridgehead atoms. The fourth-order valence-corrected chi connectivity index (χ4v) is 2.81. The predicted molar refractivity (Wildman–Crippen MR) is 88.1 cm³/mol. The molecule has 0 aromatic heterocycles. The molecule has 0 radical (unpaired) electrons. The van der Waals surface area contributed by atoms with Crippen molar-refractivity contribution >= 4 is 5.69 Å². The van der Waals surface area contributed by atoms with Crippen LogP contribution in [-0.2, 0) is 12.8 Å². The van der Waals surface area contributed by atoms with Gasteiger partial charge in [0.1, 0.15) is 11.9 Å². The van der Waals surface area contributed by atoms with E-state index in [1.165, 1.54) is 23.1 Å². The third kappa shape index (κ3) is 3.05. The average Bonchev–Trinajstić information content (AvgIpc) is 2.55. The fraction of sp³-hybridized carbons (Fsp3) is 0.368. The second-order valence-electron chi connectivity index (χ2n) is 5.66. The number of ether oxygens (including phenoxy) is 1. The van der Waals surface area contributed by atoms with Crippen molar-refractivity contribution in [3.8, 4) is 5.75 Å². The van der Waals surface area contributed by atoms with Gasteiger partial charge < -0.3 is 10.1 Å². The molecule has 1 aliphatic rings. The molecule has 1 N–H and O–H groups in total. The highest BCUT2D eigenvalue weighted by Crippen LogP contribution is 2.35. The Morgan fingerprint density at radius 1 is 1.05 bits per heavy atom. The van der Waals surface area contributed by atoms with Gasteiger partial charge in [-0.25, -0.2) is 0 Å². The van der Waals surface area contributed by atoms with E-state index in [9.17, 15) is 0 Å². The number of aryl methyl sites for hydroxylation is 2. The van der Waals surface area contributed by atoms with E-state index < -0.39 is 0 Å². The molecule has 2 aromatic rings. The Morgan fingerprint density at radius 2 is 1.81 bits per heavy atom. The molecule has 1 atom stereocenters. The number of nitrogens with one attached hydrogen (secondary N) is 1. The lowest BCUT2D eigenvalue weighted by Crippen LogP contribution is -2.23. The van der Waals surface area contributed by atoms with Crippen molar-refractivity contribution in [2.24, 2.45) is 0 Å². The molecule has 1 heterocycles. The van der Waals surface area contributed by atoms with Gasteiger partial charge in [0.15, 0.2) is 0 Å². The molecule has 1 unspecified atom stereocenters. The summed E-state index contributed by atoms with van der Waals surface area (Å²) in [7, 11) is 0. The summed E-state index contributed by atoms with van der Waals surface area (Å²) in [6.45, 7) is 5.21. The van der Waals surface area contributed by atoms with Crippen LogP contribution in [0.1, 0.15) is 43.1 Å². The van der Waals surface area contributed by atoms with Gasteiger partial charge in [0, 0.05) is 0 Å². The van der Waals surface area contributed by atoms with Gasteiger partial charge in [-0.15, -0.1) is 0 Å². The number of fused-ring (bicyclic) bond motifs is 1. The minimum absolute atomic E-state index is 0.0978. The van der Waals surface area contributed by atoms with E-state index in [1.54, 1.807) is 0 Å². The largest absolute Gasteiger partial charge is 0.482 e. The second kappa shape index (κ2) is 6.21. The SMILES string of the molecule is CCCc1ccc(C2CNc3cc(CC)ccc3O2)cc1. The maximum atomic E-state index is 6.15. The van der Waals surface area contributed by atoms with Gasteiger partial charge in [-0.2, -0.15) is 0 Å². The van der Waals surface area contributed by atoms with E-state index >= 15 is 0 Å². The number of rotatable bonds is 4. The third-order valence-electron chi connectivity index (χ3n) is 4.09. The Bertz CT molecular complexity index is 603. The Balaban J connectivity index is 1.76. The molecule has 0 spiro atoms. The van der Waals surface area contributed by atoms with Crippen LogP contribution in [0.5, 0.6) is 5.75 Å². The van der Waals surface area contributed by atoms with Crippen LogP contribution in [0, 0.1) is 0 Å². The number of benzene rings is 2. The van der Waals surface area contributed by atoms with Gasteiger partial charge in [0.25, 0.3) is 0 Å². The minimum atomic E-state index is 0.0978. The van der Waals surface area contributed by atoms with Crippen molar-refractivity contribution < 1.29 is 4.74 Å². The first kappa shape index (κ1) is 14.0. The van der Waals surface area contributed by atoms with E-state index in [0.717, 1.165) is 30.8 Å². The van der Waals surface area contributed by atoms with Gasteiger partial charge >= 0.3 is 0 Å². The summed E-state index contributed by atoms with van der Waals surface area (Å²) in [5.74, 6) is 0.959. The maximum absolute atomic E-state index is 6.15. The first-order valence-corrected chi connectivity index (χ1v) is 7.92. The molecule has 2 aromatic carbocycles. The Morgan fingerprint density at radius 3 is 2.52 bits per heavy atom. The fourth-order valence-electron chi connectivity index (χ4n) is 2.81. The molecular weight excluding hydrogens is 258 g/mol. The van der Waals surface area contributed by atoms with Crippen molar-refractivity contribution in [2.75, 3.05) is 11.9 Å². The standard InChI is InChI=1S/C19H23NO/c1-3-5-15-6-9-16(10-7-15)19-13-20-17-12-14(4-2)8-11-18(17)21-19/h6-12,19-20H,3-5,13H2,1-2H3. The zero-order valence-electron chi connectivity index (χ0n) is 12.9. The molecule has 0 aliphatic carbocycles. The summed E-state index contributed by atoms with van der Waals surface area (Å²) in [6, 6.07) is 15.3. The molecule has 3 rings (SSSR count). The van der Waals surface area contributed by atoms with Gasteiger partial charge in [-0.05, 0) is 41.7 Å². The number of hydrogen-bond acceptors (Lipinski definition) is 2. The molecule has 0 saturated heterocycles. The lowest BCUT2D eigenvalue weighted by Gasteiger charge is -2.28. The summed E-state index contributed by atoms with van der Waals surface area (Å²) >= 11 is 0. The Labute approximate surface area is 127 Å². The molecule has 2 nitrogen and oxygen atoms in total. The van der Waals surface area contributed by atoms with Crippen LogP contribution in [0.4, 0.5) is 5.69 Å². The van der Waals surface area contributed by atoms with E-state index in [-0.39, 0.29) is 6.10 Å². The van der Waals surface area contributed by atoms with Gasteiger partial charge in [0.05, 0.1) is 12.2 Å². The minimum Gasteiger partial charge on any atom is -0.482 e. The van der Waals surface area contributed by atoms with Gasteiger partial charge in [0.2, 0.25) is 0 Å². The Kier molecular flexibility index (Phi) is 4.14. The topological polar surface area (TPSA) is 21.3 Å². The van der Waals surface area contributed by atoms with Crippen LogP contribution in [0.2, 0.25) is 0 Å². The van der Waals surface area contributed by atoms with Crippen LogP contribution < -0.4 is 10.1 Å². The quantitative estimate of drug-likeness (QED) is 0.873. The highest BCUT2D eigenvalue weighted by molar-refractivity contribution is 5.60. The molecule has 0 saturated carbocycles. The number of anilines is 1. The van der Waals surface area contributed by atoms with Crippen molar-refractivity contribution in [1.29, 1.82) is 0 Å². The van der Waals surface area contributed by atoms with Crippen molar-refractivity contribution in [2.45, 2.75) is 39.2 Å². The molecule has 0 fully saturated rings. The lowest BCUT2D eigenvalue weighted by molar-refractivity contribution is 0.210. The van der Waals surface area contributed by atoms with Gasteiger partial charge in [-0.3, -0.25) is 0 Å². The molecule has 110 valence electrons. The highest BCUT2D eigenvalue weighted by Gasteiger charge is 2.20. The summed E-state index contributed by atoms with van der Waals surface area (Å²) in [4.78, 5) is 0. The third-order valence-corrected chi connectivity index (χ3v) is 4.09. The van der Waals surface area contributed by atoms with Crippen LogP contribution in [0.25, 0.3) is 0 Å². The molecule has 21 heavy (non-hydrogen) atoms. The normalized spacial score (nSPS) is 16.8. The lowest BCUT2D eigenvalue weighted by atomic mass is 10.0. The summed E-state index contributed by atoms with van der Waals surface area (Å²) in [6.07, 6.45) is 3.48. The molecule has 0 amide bonds. The zero-order valence-corrected chi connectivity index (χ0v) is 12.9. The first-order chi connectivity index (χ1) is 10.3. The van der Waals surface area contributed by atoms with Crippen LogP contribution in [-0.4, -0.2) is 6.54 Å². The summed E-state index contributed by atoms with van der Waals surface area (Å²) in [5.41, 5.74) is 5.10. The number of hydrogen-bond donors (Lipinski definition) is 1. The first-order valence-electron chi connectivity index (χ1n) is 7.92. The highest BCUT2D eigenvalue weighted by atomic mass is 16.5. The van der Waals surface area contributed by atoms with E-state index in [0.29, 0.717) is 0 Å². The maximum Gasteiger partial charge on any atom is 0.143 e. The van der Waals surface area contributed by atoms with Crippen molar-refractivity contribution in [3.05, 3.63) is 59.2 Å². The molecule has 2 heteroatoms. The predicted octanol–water partition coefficient (Wildman–Crippen LogP) is 4.75. The second-order valence-corrected chi connectivity index (χ2v) is 5.66. The zero-order chi connectivity index (χ0) is 14.7. The van der Waals surface area contributed by atoms with E-state index in [2.05, 4.69) is 61.6 Å². The van der Waals surface area contributed by atoms with E-state index in [1.807, 2.05) is 0 Å². The van der Waals surface area contributed by atoms with E-state index in [4.69, 9.17) is 4.74 Å². The smallest absolute Gasteiger partial charge is 0.143 e. The van der Waals surface area contributed by atoms with Crippen LogP contribution in [0.3, 0.4) is 0 Å². The monoisotopic (exact) mass is 281 g/mol.